The first-order valence-electron chi connectivity index (χ1n) is 16.7. The normalized spacial score (nSPS) is 38.8. The molecule has 8 unspecified atom stereocenters. The number of rotatable bonds is 9. The quantitative estimate of drug-likeness (QED) is 0.265. The Morgan fingerprint density at radius 1 is 1.02 bits per heavy atom. The minimum atomic E-state index is -3.74. The Morgan fingerprint density at radius 3 is 2.43 bits per heavy atom. The number of fused-ring (bicyclic) bond motifs is 1. The van der Waals surface area contributed by atoms with E-state index in [1.165, 1.54) is 23.9 Å². The van der Waals surface area contributed by atoms with Crippen LogP contribution in [0.25, 0.3) is 0 Å². The largest absolute Gasteiger partial charge is 0.497 e. The van der Waals surface area contributed by atoms with Crippen LogP contribution in [-0.4, -0.2) is 67.4 Å². The zero-order chi connectivity index (χ0) is 33.6. The topological polar surface area (TPSA) is 127 Å². The minimum Gasteiger partial charge on any atom is -0.497 e. The Labute approximate surface area is 277 Å². The highest BCUT2D eigenvalue weighted by Crippen LogP contribution is 2.78. The number of furan rings is 1. The Morgan fingerprint density at radius 2 is 1.74 bits per heavy atom. The van der Waals surface area contributed by atoms with E-state index in [0.717, 1.165) is 19.3 Å². The lowest BCUT2D eigenvalue weighted by Gasteiger charge is -2.71. The molecule has 254 valence electrons. The summed E-state index contributed by atoms with van der Waals surface area (Å²) in [5, 5.41) is 23.7. The van der Waals surface area contributed by atoms with Gasteiger partial charge in [-0.1, -0.05) is 38.1 Å². The molecular formula is C37H47NO8S. The summed E-state index contributed by atoms with van der Waals surface area (Å²) in [6.45, 7) is 4.41. The van der Waals surface area contributed by atoms with E-state index in [2.05, 4.69) is 32.1 Å². The van der Waals surface area contributed by atoms with Gasteiger partial charge in [-0.15, -0.1) is 0 Å². The van der Waals surface area contributed by atoms with Crippen LogP contribution < -0.4 is 9.47 Å². The first kappa shape index (κ1) is 32.6. The number of carbonyl (C=O) groups excluding carboxylic acids is 1. The molecule has 47 heavy (non-hydrogen) atoms. The van der Waals surface area contributed by atoms with Gasteiger partial charge in [0.25, 0.3) is 0 Å². The molecule has 8 rings (SSSR count). The van der Waals surface area contributed by atoms with Gasteiger partial charge in [-0.3, -0.25) is 4.79 Å². The molecule has 2 bridgehead atoms. The molecule has 0 radical (unpaired) electrons. The van der Waals surface area contributed by atoms with Crippen LogP contribution in [-0.2, 0) is 16.6 Å². The highest BCUT2D eigenvalue weighted by atomic mass is 32.2. The van der Waals surface area contributed by atoms with Crippen LogP contribution in [0.3, 0.4) is 0 Å². The van der Waals surface area contributed by atoms with Crippen molar-refractivity contribution in [2.75, 3.05) is 27.0 Å². The molecule has 6 aliphatic rings. The fraction of sp³-hybridized carbons (Fsp3) is 0.595. The van der Waals surface area contributed by atoms with Crippen molar-refractivity contribution in [2.24, 2.45) is 33.5 Å². The molecule has 2 N–H and O–H groups in total. The number of allylic oxidation sites excluding steroid dienone is 4. The molecule has 3 saturated carbocycles. The second-order valence-electron chi connectivity index (χ2n) is 15.3. The molecule has 2 spiro atoms. The van der Waals surface area contributed by atoms with Gasteiger partial charge in [0.05, 0.1) is 38.4 Å². The van der Waals surface area contributed by atoms with Gasteiger partial charge in [-0.05, 0) is 80.4 Å². The van der Waals surface area contributed by atoms with E-state index in [1.807, 2.05) is 0 Å². The number of sulfonamides is 1. The van der Waals surface area contributed by atoms with Crippen LogP contribution in [0, 0.1) is 33.5 Å². The van der Waals surface area contributed by atoms with Gasteiger partial charge in [0.2, 0.25) is 15.8 Å². The summed E-state index contributed by atoms with van der Waals surface area (Å²) in [4.78, 5) is 14.4. The smallest absolute Gasteiger partial charge is 0.224 e. The highest BCUT2D eigenvalue weighted by molar-refractivity contribution is 7.88. The van der Waals surface area contributed by atoms with Crippen LogP contribution >= 0.6 is 0 Å². The van der Waals surface area contributed by atoms with Crippen molar-refractivity contribution in [1.29, 1.82) is 0 Å². The van der Waals surface area contributed by atoms with Crippen LogP contribution in [0.1, 0.15) is 74.9 Å². The molecule has 0 aliphatic heterocycles. The van der Waals surface area contributed by atoms with Gasteiger partial charge in [0.15, 0.2) is 5.76 Å². The Kier molecular flexibility index (Phi) is 7.49. The van der Waals surface area contributed by atoms with Gasteiger partial charge in [-0.2, -0.15) is 4.31 Å². The third-order valence-corrected chi connectivity index (χ3v) is 14.6. The molecule has 8 atom stereocenters. The average Bonchev–Trinajstić information content (AvgIpc) is 3.66. The lowest BCUT2D eigenvalue weighted by molar-refractivity contribution is -0.174. The standard InChI is InChI=1S/C37H47NO8S/c1-33-13-10-25(39)20-35(33)16-17-37(27(21-35)32(40)28-7-6-18-46-28)30(33)11-14-34(2)31(37)12-15-36(34,41)23-38(47(5,42)43)22-24-8-9-26(44-3)19-29(24)45-4/h6-9,16-19,21,25,30-31,39,41H,10-15,20,22-23H2,1-5H3. The molecule has 1 heterocycles. The number of hydrogen-bond donors (Lipinski definition) is 2. The van der Waals surface area contributed by atoms with Gasteiger partial charge in [-0.25, -0.2) is 8.42 Å². The predicted molar refractivity (Wildman–Crippen MR) is 176 cm³/mol. The molecule has 3 fully saturated rings. The van der Waals surface area contributed by atoms with Gasteiger partial charge < -0.3 is 24.1 Å². The SMILES string of the molecule is COc1ccc(CN(CC2(O)CCC3C45C=CC6(C=C4C(=O)c4ccco4)CC(O)CCC6(C)C5CCC32C)S(C)(=O)=O)c(OC)c1. The first-order chi connectivity index (χ1) is 22.2. The summed E-state index contributed by atoms with van der Waals surface area (Å²) in [5.74, 6) is 1.27. The Hall–Kier alpha value is -2.92. The second-order valence-corrected chi connectivity index (χ2v) is 17.3. The van der Waals surface area contributed by atoms with E-state index in [0.29, 0.717) is 48.3 Å². The number of aliphatic hydroxyl groups is 2. The second kappa shape index (κ2) is 10.8. The predicted octanol–water partition coefficient (Wildman–Crippen LogP) is 5.53. The van der Waals surface area contributed by atoms with E-state index in [4.69, 9.17) is 13.9 Å². The molecule has 6 aliphatic carbocycles. The van der Waals surface area contributed by atoms with E-state index < -0.39 is 38.0 Å². The molecule has 1 aromatic carbocycles. The molecule has 0 amide bonds. The van der Waals surface area contributed by atoms with Gasteiger partial charge in [0, 0.05) is 46.5 Å². The van der Waals surface area contributed by atoms with Crippen molar-refractivity contribution in [3.8, 4) is 11.5 Å². The van der Waals surface area contributed by atoms with Gasteiger partial charge >= 0.3 is 0 Å². The zero-order valence-electron chi connectivity index (χ0n) is 28.0. The van der Waals surface area contributed by atoms with Crippen LogP contribution in [0.4, 0.5) is 0 Å². The maximum absolute atomic E-state index is 14.4. The summed E-state index contributed by atoms with van der Waals surface area (Å²) < 4.78 is 44.7. The highest BCUT2D eigenvalue weighted by Gasteiger charge is 2.74. The molecule has 0 saturated heterocycles. The summed E-state index contributed by atoms with van der Waals surface area (Å²) >= 11 is 0. The molecule has 2 aromatic rings. The van der Waals surface area contributed by atoms with Crippen molar-refractivity contribution in [3.63, 3.8) is 0 Å². The van der Waals surface area contributed by atoms with Crippen molar-refractivity contribution >= 4 is 15.8 Å². The third-order valence-electron chi connectivity index (χ3n) is 13.4. The van der Waals surface area contributed by atoms with E-state index in [1.54, 1.807) is 37.4 Å². The molecule has 10 heteroatoms. The summed E-state index contributed by atoms with van der Waals surface area (Å²) in [5.41, 5.74) is -1.93. The number of carbonyl (C=O) groups is 1. The van der Waals surface area contributed by atoms with Gasteiger partial charge in [0.1, 0.15) is 11.5 Å². The average molecular weight is 666 g/mol. The fourth-order valence-electron chi connectivity index (χ4n) is 10.9. The van der Waals surface area contributed by atoms with Crippen molar-refractivity contribution < 1.29 is 37.3 Å². The number of aliphatic hydroxyl groups excluding tert-OH is 1. The number of Topliss-reactive ketones (excluding diaryl/α,β-unsaturated/α-hetero) is 1. The van der Waals surface area contributed by atoms with Crippen molar-refractivity contribution in [1.82, 2.24) is 4.31 Å². The lowest BCUT2D eigenvalue weighted by atomic mass is 9.32. The molecule has 9 nitrogen and oxygen atoms in total. The number of ketones is 1. The minimum absolute atomic E-state index is 0.0355. The Balaban J connectivity index is 1.30. The van der Waals surface area contributed by atoms with Crippen LogP contribution in [0.2, 0.25) is 0 Å². The summed E-state index contributed by atoms with van der Waals surface area (Å²) in [6, 6.07) is 8.73. The number of benzene rings is 1. The first-order valence-corrected chi connectivity index (χ1v) is 18.6. The maximum Gasteiger partial charge on any atom is 0.224 e. The lowest BCUT2D eigenvalue weighted by Crippen LogP contribution is -2.67. The van der Waals surface area contributed by atoms with Crippen molar-refractivity contribution in [2.45, 2.75) is 77.0 Å². The van der Waals surface area contributed by atoms with Crippen LogP contribution in [0.15, 0.2) is 64.8 Å². The monoisotopic (exact) mass is 665 g/mol. The fourth-order valence-corrected chi connectivity index (χ4v) is 11.7. The van der Waals surface area contributed by atoms with E-state index in [9.17, 15) is 23.4 Å². The molecule has 1 aromatic heterocycles. The zero-order valence-corrected chi connectivity index (χ0v) is 28.8. The van der Waals surface area contributed by atoms with E-state index >= 15 is 0 Å². The Bertz CT molecular complexity index is 1750. The third kappa shape index (κ3) is 4.50. The van der Waals surface area contributed by atoms with Crippen molar-refractivity contribution in [3.05, 3.63) is 71.7 Å². The summed E-state index contributed by atoms with van der Waals surface area (Å²) in [6.07, 6.45) is 13.6. The summed E-state index contributed by atoms with van der Waals surface area (Å²) in [7, 11) is -0.645. The van der Waals surface area contributed by atoms with Crippen LogP contribution in [0.5, 0.6) is 11.5 Å². The van der Waals surface area contributed by atoms with E-state index in [-0.39, 0.29) is 41.9 Å². The molecular weight excluding hydrogens is 618 g/mol. The number of nitrogens with zero attached hydrogens (tertiary/aromatic N) is 1. The number of ether oxygens (including phenoxy) is 2. The number of hydrogen-bond acceptors (Lipinski definition) is 8. The number of methoxy groups -OCH3 is 2. The maximum atomic E-state index is 14.4.